The fourth-order valence-corrected chi connectivity index (χ4v) is 2.60. The summed E-state index contributed by atoms with van der Waals surface area (Å²) in [5.41, 5.74) is 3.26. The second kappa shape index (κ2) is 2.91. The molecule has 0 amide bonds. The van der Waals surface area contributed by atoms with E-state index in [1.54, 1.807) is 0 Å². The predicted octanol–water partition coefficient (Wildman–Crippen LogP) is 2.58. The van der Waals surface area contributed by atoms with Gasteiger partial charge < -0.3 is 9.47 Å². The quantitative estimate of drug-likeness (QED) is 0.646. The monoisotopic (exact) mass is 204 g/mol. The molecule has 1 heterocycles. The lowest BCUT2D eigenvalue weighted by Crippen LogP contribution is -2.15. The van der Waals surface area contributed by atoms with Gasteiger partial charge in [0.15, 0.2) is 11.5 Å². The van der Waals surface area contributed by atoms with Crippen molar-refractivity contribution in [3.63, 3.8) is 0 Å². The van der Waals surface area contributed by atoms with Gasteiger partial charge >= 0.3 is 0 Å². The van der Waals surface area contributed by atoms with E-state index in [2.05, 4.69) is 26.0 Å². The lowest BCUT2D eigenvalue weighted by atomic mass is 9.90. The third kappa shape index (κ3) is 1.48. The molecule has 2 aliphatic rings. The van der Waals surface area contributed by atoms with Gasteiger partial charge in [0.1, 0.15) is 13.2 Å². The average molecular weight is 204 g/mol. The van der Waals surface area contributed by atoms with Gasteiger partial charge in [-0.25, -0.2) is 0 Å². The summed E-state index contributed by atoms with van der Waals surface area (Å²) in [5.74, 6) is 1.86. The zero-order valence-electron chi connectivity index (χ0n) is 9.30. The minimum absolute atomic E-state index is 0.395. The van der Waals surface area contributed by atoms with Crippen molar-refractivity contribution in [2.45, 2.75) is 26.7 Å². The summed E-state index contributed by atoms with van der Waals surface area (Å²) in [6, 6.07) is 4.33. The molecule has 2 nitrogen and oxygen atoms in total. The van der Waals surface area contributed by atoms with Gasteiger partial charge in [0.05, 0.1) is 0 Å². The first-order chi connectivity index (χ1) is 7.14. The molecule has 1 aliphatic heterocycles. The lowest BCUT2D eigenvalue weighted by Gasteiger charge is -2.19. The van der Waals surface area contributed by atoms with Crippen LogP contribution in [0.5, 0.6) is 11.5 Å². The standard InChI is InChI=1S/C13H16O2/c1-13(2)7-9-5-11-12(6-10(9)8-13)15-4-3-14-11/h5-6H,3-4,7-8H2,1-2H3. The van der Waals surface area contributed by atoms with Crippen LogP contribution >= 0.6 is 0 Å². The van der Waals surface area contributed by atoms with Crippen molar-refractivity contribution in [3.05, 3.63) is 23.3 Å². The molecular weight excluding hydrogens is 188 g/mol. The lowest BCUT2D eigenvalue weighted by molar-refractivity contribution is 0.171. The predicted molar refractivity (Wildman–Crippen MR) is 58.6 cm³/mol. The highest BCUT2D eigenvalue weighted by molar-refractivity contribution is 5.50. The van der Waals surface area contributed by atoms with Crippen LogP contribution in [0.2, 0.25) is 0 Å². The van der Waals surface area contributed by atoms with Gasteiger partial charge in [-0.3, -0.25) is 0 Å². The van der Waals surface area contributed by atoms with Gasteiger partial charge in [0.25, 0.3) is 0 Å². The van der Waals surface area contributed by atoms with Crippen molar-refractivity contribution >= 4 is 0 Å². The number of rotatable bonds is 0. The number of ether oxygens (including phenoxy) is 2. The first-order valence-corrected chi connectivity index (χ1v) is 5.55. The highest BCUT2D eigenvalue weighted by Gasteiger charge is 2.30. The molecule has 15 heavy (non-hydrogen) atoms. The van der Waals surface area contributed by atoms with Crippen molar-refractivity contribution < 1.29 is 9.47 Å². The Kier molecular flexibility index (Phi) is 1.76. The Morgan fingerprint density at radius 2 is 1.40 bits per heavy atom. The molecule has 0 saturated carbocycles. The molecule has 1 aromatic carbocycles. The molecule has 2 heteroatoms. The summed E-state index contributed by atoms with van der Waals surface area (Å²) in [6.07, 6.45) is 2.30. The van der Waals surface area contributed by atoms with Crippen molar-refractivity contribution in [3.8, 4) is 11.5 Å². The smallest absolute Gasteiger partial charge is 0.161 e. The van der Waals surface area contributed by atoms with Crippen LogP contribution in [0.1, 0.15) is 25.0 Å². The zero-order valence-corrected chi connectivity index (χ0v) is 9.30. The molecule has 0 N–H and O–H groups in total. The van der Waals surface area contributed by atoms with Gasteiger partial charge in [0, 0.05) is 0 Å². The van der Waals surface area contributed by atoms with E-state index in [1.807, 2.05) is 0 Å². The Morgan fingerprint density at radius 3 is 1.87 bits per heavy atom. The van der Waals surface area contributed by atoms with E-state index < -0.39 is 0 Å². The van der Waals surface area contributed by atoms with Crippen LogP contribution in [0.15, 0.2) is 12.1 Å². The Morgan fingerprint density at radius 1 is 0.933 bits per heavy atom. The molecule has 0 unspecified atom stereocenters. The normalized spacial score (nSPS) is 21.2. The molecule has 3 rings (SSSR count). The molecule has 0 atom stereocenters. The summed E-state index contributed by atoms with van der Waals surface area (Å²) in [4.78, 5) is 0. The van der Waals surface area contributed by atoms with Crippen LogP contribution in [0, 0.1) is 5.41 Å². The molecule has 0 spiro atoms. The first-order valence-electron chi connectivity index (χ1n) is 5.55. The van der Waals surface area contributed by atoms with E-state index in [0.29, 0.717) is 18.6 Å². The van der Waals surface area contributed by atoms with Crippen molar-refractivity contribution in [2.24, 2.45) is 5.41 Å². The molecule has 0 bridgehead atoms. The van der Waals surface area contributed by atoms with Crippen LogP contribution in [-0.4, -0.2) is 13.2 Å². The van der Waals surface area contributed by atoms with Crippen molar-refractivity contribution in [1.82, 2.24) is 0 Å². The molecular formula is C13H16O2. The summed E-state index contributed by atoms with van der Waals surface area (Å²) in [6.45, 7) is 5.98. The van der Waals surface area contributed by atoms with E-state index in [1.165, 1.54) is 11.1 Å². The molecule has 1 aromatic rings. The zero-order chi connectivity index (χ0) is 10.5. The van der Waals surface area contributed by atoms with E-state index in [9.17, 15) is 0 Å². The van der Waals surface area contributed by atoms with Crippen LogP contribution in [-0.2, 0) is 12.8 Å². The number of fused-ring (bicyclic) bond motifs is 2. The topological polar surface area (TPSA) is 18.5 Å². The number of hydrogen-bond donors (Lipinski definition) is 0. The Bertz CT molecular complexity index is 370. The minimum atomic E-state index is 0.395. The van der Waals surface area contributed by atoms with Gasteiger partial charge in [-0.2, -0.15) is 0 Å². The second-order valence-electron chi connectivity index (χ2n) is 5.28. The fraction of sp³-hybridized carbons (Fsp3) is 0.538. The summed E-state index contributed by atoms with van der Waals surface area (Å²) in [5, 5.41) is 0. The summed E-state index contributed by atoms with van der Waals surface area (Å²) in [7, 11) is 0. The van der Waals surface area contributed by atoms with Crippen molar-refractivity contribution in [2.75, 3.05) is 13.2 Å². The van der Waals surface area contributed by atoms with Gasteiger partial charge in [-0.15, -0.1) is 0 Å². The van der Waals surface area contributed by atoms with Crippen LogP contribution < -0.4 is 9.47 Å². The Balaban J connectivity index is 2.05. The van der Waals surface area contributed by atoms with E-state index >= 15 is 0 Å². The Labute approximate surface area is 90.2 Å². The molecule has 0 saturated heterocycles. The third-order valence-corrected chi connectivity index (χ3v) is 3.20. The molecule has 1 aliphatic carbocycles. The maximum absolute atomic E-state index is 5.59. The molecule has 80 valence electrons. The third-order valence-electron chi connectivity index (χ3n) is 3.20. The highest BCUT2D eigenvalue weighted by atomic mass is 16.6. The minimum Gasteiger partial charge on any atom is -0.486 e. The van der Waals surface area contributed by atoms with Crippen molar-refractivity contribution in [1.29, 1.82) is 0 Å². The van der Waals surface area contributed by atoms with Gasteiger partial charge in [0.2, 0.25) is 0 Å². The number of benzene rings is 1. The molecule has 0 aromatic heterocycles. The summed E-state index contributed by atoms with van der Waals surface area (Å²) >= 11 is 0. The largest absolute Gasteiger partial charge is 0.486 e. The van der Waals surface area contributed by atoms with E-state index in [0.717, 1.165) is 24.3 Å². The van der Waals surface area contributed by atoms with Crippen LogP contribution in [0.4, 0.5) is 0 Å². The van der Waals surface area contributed by atoms with E-state index in [-0.39, 0.29) is 0 Å². The summed E-state index contributed by atoms with van der Waals surface area (Å²) < 4.78 is 11.2. The van der Waals surface area contributed by atoms with Crippen LogP contribution in [0.3, 0.4) is 0 Å². The average Bonchev–Trinajstić information content (AvgIpc) is 2.46. The van der Waals surface area contributed by atoms with E-state index in [4.69, 9.17) is 9.47 Å². The molecule has 0 fully saturated rings. The Hall–Kier alpha value is -1.18. The SMILES string of the molecule is CC1(C)Cc2cc3c(cc2C1)OCCO3. The fourth-order valence-electron chi connectivity index (χ4n) is 2.60. The van der Waals surface area contributed by atoms with Gasteiger partial charge in [-0.1, -0.05) is 13.8 Å². The first kappa shape index (κ1) is 9.08. The van der Waals surface area contributed by atoms with Crippen LogP contribution in [0.25, 0.3) is 0 Å². The maximum Gasteiger partial charge on any atom is 0.161 e. The molecule has 0 radical (unpaired) electrons. The maximum atomic E-state index is 5.59. The van der Waals surface area contributed by atoms with Gasteiger partial charge in [-0.05, 0) is 41.5 Å². The number of hydrogen-bond acceptors (Lipinski definition) is 2. The second-order valence-corrected chi connectivity index (χ2v) is 5.28. The highest BCUT2D eigenvalue weighted by Crippen LogP contribution is 2.42.